The zero-order valence-corrected chi connectivity index (χ0v) is 15.8. The van der Waals surface area contributed by atoms with Crippen LogP contribution < -0.4 is 5.32 Å². The van der Waals surface area contributed by atoms with Crippen LogP contribution in [0, 0.1) is 5.92 Å². The van der Waals surface area contributed by atoms with E-state index >= 15 is 0 Å². The van der Waals surface area contributed by atoms with Crippen LogP contribution in [0.15, 0.2) is 40.8 Å². The van der Waals surface area contributed by atoms with Crippen molar-refractivity contribution in [2.24, 2.45) is 5.92 Å². The highest BCUT2D eigenvalue weighted by atomic mass is 19.4. The molecule has 3 aromatic rings. The summed E-state index contributed by atoms with van der Waals surface area (Å²) in [5.41, 5.74) is 0.960. The van der Waals surface area contributed by atoms with Crippen LogP contribution in [0.3, 0.4) is 0 Å². The van der Waals surface area contributed by atoms with E-state index in [1.54, 1.807) is 32.0 Å². The number of carboxylic acids is 1. The summed E-state index contributed by atoms with van der Waals surface area (Å²) < 4.78 is 46.9. The maximum atomic E-state index is 13.7. The molecule has 0 fully saturated rings. The number of carbonyl (C=O) groups excluding carboxylic acids is 1. The van der Waals surface area contributed by atoms with E-state index < -0.39 is 24.2 Å². The third-order valence-electron chi connectivity index (χ3n) is 4.69. The van der Waals surface area contributed by atoms with Gasteiger partial charge in [0.25, 0.3) is 0 Å². The van der Waals surface area contributed by atoms with Crippen molar-refractivity contribution < 1.29 is 32.3 Å². The number of rotatable bonds is 7. The van der Waals surface area contributed by atoms with Crippen molar-refractivity contribution in [3.63, 3.8) is 0 Å². The lowest BCUT2D eigenvalue weighted by Gasteiger charge is -2.26. The Bertz CT molecular complexity index is 1060. The number of furan rings is 1. The second-order valence-corrected chi connectivity index (χ2v) is 7.39. The maximum absolute atomic E-state index is 13.7. The molecule has 0 radical (unpaired) electrons. The van der Waals surface area contributed by atoms with Crippen molar-refractivity contribution in [3.05, 3.63) is 47.5 Å². The molecule has 29 heavy (non-hydrogen) atoms. The van der Waals surface area contributed by atoms with Crippen LogP contribution in [0.5, 0.6) is 0 Å². The van der Waals surface area contributed by atoms with E-state index in [1.165, 1.54) is 18.2 Å². The summed E-state index contributed by atoms with van der Waals surface area (Å²) >= 11 is 0. The minimum absolute atomic E-state index is 0.0588. The predicted octanol–water partition coefficient (Wildman–Crippen LogP) is 5.09. The fourth-order valence-electron chi connectivity index (χ4n) is 3.36. The van der Waals surface area contributed by atoms with Gasteiger partial charge in [-0.25, -0.2) is 0 Å². The van der Waals surface area contributed by atoms with E-state index in [1.807, 2.05) is 0 Å². The molecule has 0 bridgehead atoms. The van der Waals surface area contributed by atoms with Crippen LogP contribution in [0.4, 0.5) is 13.2 Å². The first-order chi connectivity index (χ1) is 13.6. The summed E-state index contributed by atoms with van der Waals surface area (Å²) in [5, 5.41) is 12.8. The van der Waals surface area contributed by atoms with Crippen LogP contribution >= 0.6 is 0 Å². The number of aliphatic carboxylic acids is 1. The van der Waals surface area contributed by atoms with E-state index in [-0.39, 0.29) is 23.5 Å². The molecule has 0 aliphatic carbocycles. The van der Waals surface area contributed by atoms with Crippen molar-refractivity contribution in [1.29, 1.82) is 0 Å². The summed E-state index contributed by atoms with van der Waals surface area (Å²) in [5.74, 6) is -1.43. The average Bonchev–Trinajstić information content (AvgIpc) is 3.00. The van der Waals surface area contributed by atoms with Gasteiger partial charge in [-0.15, -0.1) is 0 Å². The molecule has 2 aromatic carbocycles. The summed E-state index contributed by atoms with van der Waals surface area (Å²) in [4.78, 5) is 22.4. The minimum atomic E-state index is -4.70. The molecule has 0 aliphatic heterocycles. The van der Waals surface area contributed by atoms with Crippen molar-refractivity contribution in [3.8, 4) is 0 Å². The predicted molar refractivity (Wildman–Crippen MR) is 102 cm³/mol. The molecule has 0 spiro atoms. The Kier molecular flexibility index (Phi) is 5.66. The number of benzene rings is 2. The topological polar surface area (TPSA) is 79.5 Å². The molecule has 5 nitrogen and oxygen atoms in total. The summed E-state index contributed by atoms with van der Waals surface area (Å²) in [6, 6.07) is 5.29. The molecule has 2 N–H and O–H groups in total. The quantitative estimate of drug-likeness (QED) is 0.533. The lowest BCUT2D eigenvalue weighted by Crippen LogP contribution is -2.45. The van der Waals surface area contributed by atoms with Crippen LogP contribution in [0.2, 0.25) is 0 Å². The van der Waals surface area contributed by atoms with Gasteiger partial charge in [0.2, 0.25) is 0 Å². The Morgan fingerprint density at radius 1 is 1.14 bits per heavy atom. The molecule has 0 saturated heterocycles. The third kappa shape index (κ3) is 4.42. The molecule has 8 heteroatoms. The molecule has 1 heterocycles. The van der Waals surface area contributed by atoms with E-state index in [2.05, 4.69) is 5.32 Å². The van der Waals surface area contributed by atoms with Crippen LogP contribution in [0.25, 0.3) is 21.9 Å². The lowest BCUT2D eigenvalue weighted by atomic mass is 9.99. The highest BCUT2D eigenvalue weighted by Crippen LogP contribution is 2.37. The van der Waals surface area contributed by atoms with Gasteiger partial charge >= 0.3 is 12.1 Å². The lowest BCUT2D eigenvalue weighted by molar-refractivity contribution is -0.163. The second kappa shape index (κ2) is 7.87. The molecule has 154 valence electrons. The van der Waals surface area contributed by atoms with Crippen molar-refractivity contribution >= 4 is 34.2 Å². The van der Waals surface area contributed by atoms with Crippen molar-refractivity contribution in [2.45, 2.75) is 38.5 Å². The number of nitrogens with one attached hydrogen (secondary N) is 1. The molecule has 0 amide bonds. The Hall–Kier alpha value is -2.87. The summed E-state index contributed by atoms with van der Waals surface area (Å²) in [7, 11) is 0. The Labute approximate surface area is 164 Å². The molecule has 0 saturated carbocycles. The van der Waals surface area contributed by atoms with Gasteiger partial charge in [-0.3, -0.25) is 14.9 Å². The Morgan fingerprint density at radius 3 is 2.45 bits per heavy atom. The summed E-state index contributed by atoms with van der Waals surface area (Å²) in [6.45, 7) is 3.49. The SMILES string of the molecule is CC(C)C[C@H](N[C@@H](c1ccc2c(c1)oc1ccc(C=O)cc12)C(F)(F)F)C(=O)O. The number of halogens is 3. The van der Waals surface area contributed by atoms with E-state index in [9.17, 15) is 27.9 Å². The number of hydrogen-bond donors (Lipinski definition) is 2. The van der Waals surface area contributed by atoms with E-state index in [0.717, 1.165) is 0 Å². The molecule has 0 unspecified atom stereocenters. The zero-order valence-electron chi connectivity index (χ0n) is 15.8. The number of hydrogen-bond acceptors (Lipinski definition) is 4. The molecular weight excluding hydrogens is 387 g/mol. The van der Waals surface area contributed by atoms with Gasteiger partial charge < -0.3 is 9.52 Å². The van der Waals surface area contributed by atoms with Gasteiger partial charge in [0.1, 0.15) is 29.5 Å². The first kappa shape index (κ1) is 20.9. The Morgan fingerprint density at radius 2 is 1.86 bits per heavy atom. The molecular formula is C21H20F3NO4. The number of alkyl halides is 3. The first-order valence-electron chi connectivity index (χ1n) is 9.07. The smallest absolute Gasteiger partial charge is 0.407 e. The second-order valence-electron chi connectivity index (χ2n) is 7.39. The highest BCUT2D eigenvalue weighted by Gasteiger charge is 2.43. The highest BCUT2D eigenvalue weighted by molar-refractivity contribution is 6.06. The van der Waals surface area contributed by atoms with Crippen LogP contribution in [-0.2, 0) is 4.79 Å². The molecule has 1 aromatic heterocycles. The maximum Gasteiger partial charge on any atom is 0.407 e. The van der Waals surface area contributed by atoms with Gasteiger partial charge in [-0.2, -0.15) is 13.2 Å². The fourth-order valence-corrected chi connectivity index (χ4v) is 3.36. The van der Waals surface area contributed by atoms with Gasteiger partial charge in [-0.05, 0) is 42.2 Å². The minimum Gasteiger partial charge on any atom is -0.480 e. The first-order valence-corrected chi connectivity index (χ1v) is 9.07. The summed E-state index contributed by atoms with van der Waals surface area (Å²) in [6.07, 6.45) is -3.96. The molecule has 0 aliphatic rings. The van der Waals surface area contributed by atoms with Crippen LogP contribution in [0.1, 0.15) is 42.2 Å². The zero-order chi connectivity index (χ0) is 21.3. The average molecular weight is 407 g/mol. The van der Waals surface area contributed by atoms with E-state index in [0.29, 0.717) is 28.2 Å². The fraction of sp³-hybridized carbons (Fsp3) is 0.333. The number of fused-ring (bicyclic) bond motifs is 3. The third-order valence-corrected chi connectivity index (χ3v) is 4.69. The van der Waals surface area contributed by atoms with E-state index in [4.69, 9.17) is 4.42 Å². The molecule has 3 rings (SSSR count). The number of aldehydes is 1. The number of carboxylic acid groups (broad SMARTS) is 1. The van der Waals surface area contributed by atoms with Crippen LogP contribution in [-0.4, -0.2) is 29.6 Å². The van der Waals surface area contributed by atoms with Crippen molar-refractivity contribution in [1.82, 2.24) is 5.32 Å². The normalized spacial score (nSPS) is 14.4. The van der Waals surface area contributed by atoms with Gasteiger partial charge in [0, 0.05) is 16.3 Å². The molecule has 2 atom stereocenters. The van der Waals surface area contributed by atoms with Gasteiger partial charge in [-0.1, -0.05) is 26.0 Å². The monoisotopic (exact) mass is 407 g/mol. The number of carbonyl (C=O) groups is 2. The standard InChI is InChI=1S/C21H20F3NO4/c1-11(2)7-16(20(27)28)25-19(21(22,23)24)13-4-5-14-15-8-12(10-26)3-6-17(15)29-18(14)9-13/h3-6,8-11,16,19,25H,7H2,1-2H3,(H,27,28)/t16-,19-/m0/s1. The van der Waals surface area contributed by atoms with Gasteiger partial charge in [0.15, 0.2) is 0 Å². The largest absolute Gasteiger partial charge is 0.480 e. The van der Waals surface area contributed by atoms with Gasteiger partial charge in [0.05, 0.1) is 0 Å². The Balaban J connectivity index is 2.04. The van der Waals surface area contributed by atoms with Crippen molar-refractivity contribution in [2.75, 3.05) is 0 Å².